The summed E-state index contributed by atoms with van der Waals surface area (Å²) >= 11 is 0. The van der Waals surface area contributed by atoms with Crippen LogP contribution in [0, 0.1) is 12.7 Å². The lowest BCUT2D eigenvalue weighted by Crippen LogP contribution is -2.22. The average Bonchev–Trinajstić information content (AvgIpc) is 2.13. The molecule has 1 aromatic rings. The molecule has 0 N–H and O–H groups in total. The summed E-state index contributed by atoms with van der Waals surface area (Å²) in [7, 11) is 3.68. The van der Waals surface area contributed by atoms with E-state index in [2.05, 4.69) is 4.90 Å². The van der Waals surface area contributed by atoms with Crippen LogP contribution in [0.4, 0.5) is 4.39 Å². The predicted octanol–water partition coefficient (Wildman–Crippen LogP) is 2.21. The van der Waals surface area contributed by atoms with E-state index in [1.54, 1.807) is 19.2 Å². The Hall–Kier alpha value is -0.930. The molecule has 0 saturated heterocycles. The summed E-state index contributed by atoms with van der Waals surface area (Å²) in [6.45, 7) is 4.21. The molecule has 15 heavy (non-hydrogen) atoms. The second kappa shape index (κ2) is 5.83. The topological polar surface area (TPSA) is 12.5 Å². The van der Waals surface area contributed by atoms with Crippen molar-refractivity contribution in [2.75, 3.05) is 27.3 Å². The molecular weight excluding hydrogens is 193 g/mol. The van der Waals surface area contributed by atoms with Gasteiger partial charge in [0.15, 0.2) is 0 Å². The maximum absolute atomic E-state index is 13.1. The number of hydrogen-bond donors (Lipinski definition) is 0. The van der Waals surface area contributed by atoms with Crippen LogP contribution < -0.4 is 0 Å². The fourth-order valence-electron chi connectivity index (χ4n) is 1.54. The van der Waals surface area contributed by atoms with E-state index in [1.807, 2.05) is 20.0 Å². The molecule has 0 radical (unpaired) electrons. The van der Waals surface area contributed by atoms with Gasteiger partial charge in [-0.05, 0) is 37.2 Å². The molecule has 0 heterocycles. The minimum atomic E-state index is -0.162. The van der Waals surface area contributed by atoms with E-state index in [0.29, 0.717) is 6.61 Å². The van der Waals surface area contributed by atoms with E-state index in [9.17, 15) is 4.39 Å². The molecule has 1 aromatic carbocycles. The third-order valence-corrected chi connectivity index (χ3v) is 2.23. The van der Waals surface area contributed by atoms with Crippen molar-refractivity contribution < 1.29 is 9.13 Å². The van der Waals surface area contributed by atoms with Crippen molar-refractivity contribution in [1.82, 2.24) is 4.90 Å². The van der Waals surface area contributed by atoms with Crippen molar-refractivity contribution >= 4 is 0 Å². The van der Waals surface area contributed by atoms with E-state index in [0.717, 1.165) is 24.2 Å². The van der Waals surface area contributed by atoms with Gasteiger partial charge >= 0.3 is 0 Å². The van der Waals surface area contributed by atoms with Crippen LogP contribution in [0.2, 0.25) is 0 Å². The first-order valence-electron chi connectivity index (χ1n) is 5.05. The van der Waals surface area contributed by atoms with Crippen LogP contribution >= 0.6 is 0 Å². The largest absolute Gasteiger partial charge is 0.383 e. The van der Waals surface area contributed by atoms with E-state index in [4.69, 9.17) is 4.74 Å². The second-order valence-electron chi connectivity index (χ2n) is 3.87. The lowest BCUT2D eigenvalue weighted by Gasteiger charge is -2.16. The average molecular weight is 211 g/mol. The zero-order valence-electron chi connectivity index (χ0n) is 9.59. The first-order valence-corrected chi connectivity index (χ1v) is 5.05. The quantitative estimate of drug-likeness (QED) is 0.740. The van der Waals surface area contributed by atoms with Gasteiger partial charge in [0.25, 0.3) is 0 Å². The Morgan fingerprint density at radius 3 is 2.67 bits per heavy atom. The number of benzene rings is 1. The van der Waals surface area contributed by atoms with E-state index in [-0.39, 0.29) is 5.82 Å². The standard InChI is InChI=1S/C12H18FNO/c1-10-6-11(8-12(13)7-10)9-14(2)4-5-15-3/h6-8H,4-5,9H2,1-3H3. The number of rotatable bonds is 5. The Kier molecular flexibility index (Phi) is 4.72. The maximum Gasteiger partial charge on any atom is 0.123 e. The summed E-state index contributed by atoms with van der Waals surface area (Å²) < 4.78 is 18.1. The minimum absolute atomic E-state index is 0.162. The van der Waals surface area contributed by atoms with Crippen molar-refractivity contribution in [2.24, 2.45) is 0 Å². The Morgan fingerprint density at radius 1 is 1.33 bits per heavy atom. The summed E-state index contributed by atoms with van der Waals surface area (Å²) in [6, 6.07) is 5.13. The number of methoxy groups -OCH3 is 1. The van der Waals surface area contributed by atoms with Gasteiger partial charge in [-0.1, -0.05) is 6.07 Å². The molecule has 0 aliphatic rings. The van der Waals surface area contributed by atoms with Gasteiger partial charge in [-0.2, -0.15) is 0 Å². The number of nitrogens with zero attached hydrogens (tertiary/aromatic N) is 1. The predicted molar refractivity (Wildman–Crippen MR) is 59.3 cm³/mol. The first-order chi connectivity index (χ1) is 7.11. The summed E-state index contributed by atoms with van der Waals surface area (Å²) in [4.78, 5) is 2.11. The number of ether oxygens (including phenoxy) is 1. The van der Waals surface area contributed by atoms with Crippen LogP contribution in [0.15, 0.2) is 18.2 Å². The van der Waals surface area contributed by atoms with Crippen molar-refractivity contribution in [2.45, 2.75) is 13.5 Å². The molecule has 0 aliphatic heterocycles. The zero-order chi connectivity index (χ0) is 11.3. The molecule has 0 spiro atoms. The highest BCUT2D eigenvalue weighted by molar-refractivity contribution is 5.23. The Labute approximate surface area is 90.7 Å². The van der Waals surface area contributed by atoms with Gasteiger partial charge in [0, 0.05) is 20.2 Å². The molecule has 1 rings (SSSR count). The van der Waals surface area contributed by atoms with Crippen LogP contribution in [-0.4, -0.2) is 32.2 Å². The number of halogens is 1. The van der Waals surface area contributed by atoms with Crippen LogP contribution in [0.1, 0.15) is 11.1 Å². The van der Waals surface area contributed by atoms with Gasteiger partial charge in [-0.3, -0.25) is 4.90 Å². The van der Waals surface area contributed by atoms with Crippen LogP contribution in [-0.2, 0) is 11.3 Å². The Balaban J connectivity index is 2.56. The molecule has 0 unspecified atom stereocenters. The zero-order valence-corrected chi connectivity index (χ0v) is 9.59. The third kappa shape index (κ3) is 4.40. The summed E-state index contributed by atoms with van der Waals surface area (Å²) in [5.41, 5.74) is 1.97. The normalized spacial score (nSPS) is 11.0. The molecule has 0 aliphatic carbocycles. The number of aryl methyl sites for hydroxylation is 1. The monoisotopic (exact) mass is 211 g/mol. The van der Waals surface area contributed by atoms with E-state index >= 15 is 0 Å². The van der Waals surface area contributed by atoms with Gasteiger partial charge in [0.2, 0.25) is 0 Å². The molecule has 2 nitrogen and oxygen atoms in total. The molecule has 0 atom stereocenters. The molecule has 3 heteroatoms. The molecule has 0 fully saturated rings. The van der Waals surface area contributed by atoms with Crippen molar-refractivity contribution in [3.63, 3.8) is 0 Å². The van der Waals surface area contributed by atoms with Crippen molar-refractivity contribution in [3.05, 3.63) is 35.1 Å². The molecular formula is C12H18FNO. The van der Waals surface area contributed by atoms with Crippen molar-refractivity contribution in [1.29, 1.82) is 0 Å². The molecule has 84 valence electrons. The first kappa shape index (κ1) is 12.1. The molecule has 0 amide bonds. The lowest BCUT2D eigenvalue weighted by molar-refractivity contribution is 0.158. The smallest absolute Gasteiger partial charge is 0.123 e. The Bertz CT molecular complexity index is 294. The molecule has 0 saturated carbocycles. The van der Waals surface area contributed by atoms with Gasteiger partial charge < -0.3 is 4.74 Å². The molecule has 0 aromatic heterocycles. The van der Waals surface area contributed by atoms with Crippen molar-refractivity contribution in [3.8, 4) is 0 Å². The minimum Gasteiger partial charge on any atom is -0.383 e. The van der Waals surface area contributed by atoms with Crippen LogP contribution in [0.3, 0.4) is 0 Å². The summed E-state index contributed by atoms with van der Waals surface area (Å²) in [5.74, 6) is -0.162. The molecule has 0 bridgehead atoms. The fraction of sp³-hybridized carbons (Fsp3) is 0.500. The van der Waals surface area contributed by atoms with Gasteiger partial charge in [0.1, 0.15) is 5.82 Å². The summed E-state index contributed by atoms with van der Waals surface area (Å²) in [6.07, 6.45) is 0. The van der Waals surface area contributed by atoms with E-state index in [1.165, 1.54) is 0 Å². The van der Waals surface area contributed by atoms with Gasteiger partial charge in [-0.15, -0.1) is 0 Å². The van der Waals surface area contributed by atoms with Crippen LogP contribution in [0.25, 0.3) is 0 Å². The van der Waals surface area contributed by atoms with E-state index < -0.39 is 0 Å². The highest BCUT2D eigenvalue weighted by Gasteiger charge is 2.02. The van der Waals surface area contributed by atoms with Gasteiger partial charge in [0.05, 0.1) is 6.61 Å². The van der Waals surface area contributed by atoms with Crippen LogP contribution in [0.5, 0.6) is 0 Å². The third-order valence-electron chi connectivity index (χ3n) is 2.23. The number of likely N-dealkylation sites (N-methyl/N-ethyl adjacent to an activating group) is 1. The highest BCUT2D eigenvalue weighted by Crippen LogP contribution is 2.10. The maximum atomic E-state index is 13.1. The fourth-order valence-corrected chi connectivity index (χ4v) is 1.54. The second-order valence-corrected chi connectivity index (χ2v) is 3.87. The number of hydrogen-bond acceptors (Lipinski definition) is 2. The SMILES string of the molecule is COCCN(C)Cc1cc(C)cc(F)c1. The highest BCUT2D eigenvalue weighted by atomic mass is 19.1. The summed E-state index contributed by atoms with van der Waals surface area (Å²) in [5, 5.41) is 0. The van der Waals surface area contributed by atoms with Gasteiger partial charge in [-0.25, -0.2) is 4.39 Å². The Morgan fingerprint density at radius 2 is 2.07 bits per heavy atom. The lowest BCUT2D eigenvalue weighted by atomic mass is 10.1.